The van der Waals surface area contributed by atoms with Gasteiger partial charge in [0.1, 0.15) is 5.82 Å². The van der Waals surface area contributed by atoms with Crippen molar-refractivity contribution in [2.24, 2.45) is 7.05 Å². The molecule has 7 nitrogen and oxygen atoms in total. The van der Waals surface area contributed by atoms with Gasteiger partial charge < -0.3 is 4.90 Å². The van der Waals surface area contributed by atoms with Gasteiger partial charge in [0.05, 0.1) is 11.8 Å². The first-order valence-electron chi connectivity index (χ1n) is 8.46. The van der Waals surface area contributed by atoms with Gasteiger partial charge in [0, 0.05) is 37.8 Å². The fourth-order valence-corrected chi connectivity index (χ4v) is 3.27. The van der Waals surface area contributed by atoms with Crippen LogP contribution in [-0.4, -0.2) is 48.9 Å². The van der Waals surface area contributed by atoms with E-state index in [1.807, 2.05) is 42.3 Å². The maximum atomic E-state index is 12.6. The van der Waals surface area contributed by atoms with Crippen molar-refractivity contribution in [3.05, 3.63) is 54.1 Å². The third kappa shape index (κ3) is 3.17. The zero-order valence-electron chi connectivity index (χ0n) is 14.1. The second-order valence-electron chi connectivity index (χ2n) is 6.40. The summed E-state index contributed by atoms with van der Waals surface area (Å²) in [6.07, 6.45) is 5.33. The molecule has 1 fully saturated rings. The highest BCUT2D eigenvalue weighted by atomic mass is 16.2. The number of carbonyl (C=O) groups is 1. The lowest BCUT2D eigenvalue weighted by Crippen LogP contribution is -2.39. The first-order chi connectivity index (χ1) is 12.2. The molecule has 0 unspecified atom stereocenters. The van der Waals surface area contributed by atoms with E-state index in [4.69, 9.17) is 0 Å². The maximum absolute atomic E-state index is 12.6. The quantitative estimate of drug-likeness (QED) is 0.795. The van der Waals surface area contributed by atoms with Gasteiger partial charge in [-0.3, -0.25) is 14.6 Å². The van der Waals surface area contributed by atoms with E-state index in [2.05, 4.69) is 20.3 Å². The predicted molar refractivity (Wildman–Crippen MR) is 92.9 cm³/mol. The highest BCUT2D eigenvalue weighted by molar-refractivity contribution is 5.93. The summed E-state index contributed by atoms with van der Waals surface area (Å²) in [5.74, 6) is 1.76. The number of aryl methyl sites for hydroxylation is 1. The molecule has 0 aliphatic carbocycles. The monoisotopic (exact) mass is 336 g/mol. The second kappa shape index (κ2) is 6.51. The summed E-state index contributed by atoms with van der Waals surface area (Å²) in [4.78, 5) is 19.2. The summed E-state index contributed by atoms with van der Waals surface area (Å²) in [6.45, 7) is 1.42. The van der Waals surface area contributed by atoms with Gasteiger partial charge in [-0.2, -0.15) is 10.2 Å². The van der Waals surface area contributed by atoms with Gasteiger partial charge in [0.2, 0.25) is 0 Å². The van der Waals surface area contributed by atoms with E-state index in [0.717, 1.165) is 30.8 Å². The molecule has 4 rings (SSSR count). The minimum absolute atomic E-state index is 0.0283. The van der Waals surface area contributed by atoms with E-state index in [9.17, 15) is 4.79 Å². The van der Waals surface area contributed by atoms with Crippen molar-refractivity contribution in [3.8, 4) is 11.4 Å². The lowest BCUT2D eigenvalue weighted by Gasteiger charge is -2.31. The van der Waals surface area contributed by atoms with Crippen LogP contribution in [0, 0.1) is 0 Å². The van der Waals surface area contributed by atoms with Crippen LogP contribution in [0.1, 0.15) is 34.9 Å². The van der Waals surface area contributed by atoms with Gasteiger partial charge in [-0.25, -0.2) is 4.98 Å². The van der Waals surface area contributed by atoms with Crippen molar-refractivity contribution < 1.29 is 4.79 Å². The molecule has 7 heteroatoms. The number of aromatic amines is 1. The van der Waals surface area contributed by atoms with Gasteiger partial charge in [0.15, 0.2) is 5.82 Å². The minimum Gasteiger partial charge on any atom is -0.338 e. The van der Waals surface area contributed by atoms with Crippen LogP contribution >= 0.6 is 0 Å². The molecular formula is C18H20N6O. The number of hydrogen-bond acceptors (Lipinski definition) is 4. The van der Waals surface area contributed by atoms with E-state index in [-0.39, 0.29) is 11.8 Å². The Labute approximate surface area is 145 Å². The van der Waals surface area contributed by atoms with Crippen molar-refractivity contribution in [2.45, 2.75) is 18.8 Å². The van der Waals surface area contributed by atoms with Crippen LogP contribution in [0.3, 0.4) is 0 Å². The molecule has 1 aromatic carbocycles. The Morgan fingerprint density at radius 1 is 1.28 bits per heavy atom. The standard InChI is InChI=1S/C18H20N6O/c1-23-11-15(10-19-23)18(25)24-9-5-8-14(12-24)17-20-16(21-22-17)13-6-3-2-4-7-13/h2-4,6-7,10-11,14H,5,8-9,12H2,1H3,(H,20,21,22)/t14-/m1/s1. The summed E-state index contributed by atoms with van der Waals surface area (Å²) >= 11 is 0. The lowest BCUT2D eigenvalue weighted by molar-refractivity contribution is 0.0704. The smallest absolute Gasteiger partial charge is 0.257 e. The predicted octanol–water partition coefficient (Wildman–Crippen LogP) is 2.22. The number of benzene rings is 1. The average Bonchev–Trinajstić information content (AvgIpc) is 3.31. The van der Waals surface area contributed by atoms with Crippen LogP contribution in [0.2, 0.25) is 0 Å². The number of hydrogen-bond donors (Lipinski definition) is 1. The Bertz CT molecular complexity index is 869. The molecular weight excluding hydrogens is 316 g/mol. The Hall–Kier alpha value is -2.96. The van der Waals surface area contributed by atoms with Gasteiger partial charge in [0.25, 0.3) is 5.91 Å². The summed E-state index contributed by atoms with van der Waals surface area (Å²) in [7, 11) is 1.81. The largest absolute Gasteiger partial charge is 0.338 e. The Morgan fingerprint density at radius 3 is 2.88 bits per heavy atom. The number of nitrogens with zero attached hydrogens (tertiary/aromatic N) is 5. The topological polar surface area (TPSA) is 79.7 Å². The Kier molecular flexibility index (Phi) is 4.05. The maximum Gasteiger partial charge on any atom is 0.257 e. The molecule has 3 aromatic rings. The number of piperidine rings is 1. The third-order valence-corrected chi connectivity index (χ3v) is 4.58. The molecule has 1 aliphatic rings. The summed E-state index contributed by atoms with van der Waals surface area (Å²) in [6, 6.07) is 9.90. The highest BCUT2D eigenvalue weighted by Crippen LogP contribution is 2.26. The van der Waals surface area contributed by atoms with Crippen LogP contribution in [0.4, 0.5) is 0 Å². The normalized spacial score (nSPS) is 17.6. The van der Waals surface area contributed by atoms with Gasteiger partial charge >= 0.3 is 0 Å². The van der Waals surface area contributed by atoms with E-state index in [1.54, 1.807) is 17.1 Å². The molecule has 1 saturated heterocycles. The fraction of sp³-hybridized carbons (Fsp3) is 0.333. The zero-order chi connectivity index (χ0) is 17.2. The van der Waals surface area contributed by atoms with Crippen LogP contribution in [0.15, 0.2) is 42.7 Å². The van der Waals surface area contributed by atoms with Gasteiger partial charge in [-0.1, -0.05) is 30.3 Å². The molecule has 3 heterocycles. The highest BCUT2D eigenvalue weighted by Gasteiger charge is 2.28. The summed E-state index contributed by atoms with van der Waals surface area (Å²) in [5.41, 5.74) is 1.62. The molecule has 1 N–H and O–H groups in total. The molecule has 1 amide bonds. The SMILES string of the molecule is Cn1cc(C(=O)N2CCC[C@@H](c3nc(-c4ccccc4)n[nH]3)C2)cn1. The average molecular weight is 336 g/mol. The van der Waals surface area contributed by atoms with Gasteiger partial charge in [-0.05, 0) is 12.8 Å². The molecule has 1 aliphatic heterocycles. The number of aromatic nitrogens is 5. The fourth-order valence-electron chi connectivity index (χ4n) is 3.27. The van der Waals surface area contributed by atoms with Crippen molar-refractivity contribution in [1.29, 1.82) is 0 Å². The first-order valence-corrected chi connectivity index (χ1v) is 8.46. The summed E-state index contributed by atoms with van der Waals surface area (Å²) < 4.78 is 1.65. The number of rotatable bonds is 3. The van der Waals surface area contributed by atoms with Crippen molar-refractivity contribution >= 4 is 5.91 Å². The van der Waals surface area contributed by atoms with E-state index < -0.39 is 0 Å². The number of amides is 1. The van der Waals surface area contributed by atoms with Crippen LogP contribution < -0.4 is 0 Å². The molecule has 0 spiro atoms. The van der Waals surface area contributed by atoms with E-state index in [1.165, 1.54) is 0 Å². The number of nitrogens with one attached hydrogen (secondary N) is 1. The van der Waals surface area contributed by atoms with Crippen LogP contribution in [0.25, 0.3) is 11.4 Å². The van der Waals surface area contributed by atoms with Crippen LogP contribution in [-0.2, 0) is 7.05 Å². The van der Waals surface area contributed by atoms with E-state index >= 15 is 0 Å². The third-order valence-electron chi connectivity index (χ3n) is 4.58. The Balaban J connectivity index is 1.50. The Morgan fingerprint density at radius 2 is 2.12 bits per heavy atom. The van der Waals surface area contributed by atoms with Gasteiger partial charge in [-0.15, -0.1) is 0 Å². The molecule has 1 atom stereocenters. The van der Waals surface area contributed by atoms with E-state index in [0.29, 0.717) is 17.9 Å². The zero-order valence-corrected chi connectivity index (χ0v) is 14.1. The molecule has 128 valence electrons. The summed E-state index contributed by atoms with van der Waals surface area (Å²) in [5, 5.41) is 11.5. The molecule has 0 saturated carbocycles. The number of H-pyrrole nitrogens is 1. The minimum atomic E-state index is 0.0283. The molecule has 0 bridgehead atoms. The van der Waals surface area contributed by atoms with Crippen molar-refractivity contribution in [1.82, 2.24) is 29.9 Å². The first kappa shape index (κ1) is 15.6. The second-order valence-corrected chi connectivity index (χ2v) is 6.40. The number of carbonyl (C=O) groups excluding carboxylic acids is 1. The molecule has 25 heavy (non-hydrogen) atoms. The number of likely N-dealkylation sites (tertiary alicyclic amines) is 1. The lowest BCUT2D eigenvalue weighted by atomic mass is 9.97. The van der Waals surface area contributed by atoms with Crippen molar-refractivity contribution in [2.75, 3.05) is 13.1 Å². The van der Waals surface area contributed by atoms with Crippen LogP contribution in [0.5, 0.6) is 0 Å². The van der Waals surface area contributed by atoms with Crippen molar-refractivity contribution in [3.63, 3.8) is 0 Å². The molecule has 0 radical (unpaired) electrons. The molecule has 2 aromatic heterocycles.